The number of hydrazine groups is 1. The molecule has 0 aromatic heterocycles. The molecule has 134 valence electrons. The number of hydrogen-bond acceptors (Lipinski definition) is 3. The Morgan fingerprint density at radius 3 is 2.08 bits per heavy atom. The summed E-state index contributed by atoms with van der Waals surface area (Å²) in [6, 6.07) is 13.9. The quantitative estimate of drug-likeness (QED) is 0.782. The Kier molecular flexibility index (Phi) is 5.76. The Morgan fingerprint density at radius 1 is 0.962 bits per heavy atom. The van der Waals surface area contributed by atoms with Crippen LogP contribution in [-0.4, -0.2) is 33.5 Å². The van der Waals surface area contributed by atoms with Gasteiger partial charge in [0.15, 0.2) is 0 Å². The maximum atomic E-state index is 12.3. The van der Waals surface area contributed by atoms with Crippen LogP contribution < -0.4 is 5.32 Å². The zero-order valence-corrected chi connectivity index (χ0v) is 15.9. The summed E-state index contributed by atoms with van der Waals surface area (Å²) >= 11 is 17.3. The van der Waals surface area contributed by atoms with E-state index in [1.54, 1.807) is 29.3 Å². The smallest absolute Gasteiger partial charge is 0.275 e. The lowest BCUT2D eigenvalue weighted by atomic mass is 10.1. The van der Waals surface area contributed by atoms with Gasteiger partial charge in [0, 0.05) is 16.5 Å². The van der Waals surface area contributed by atoms with Crippen LogP contribution in [0.25, 0.3) is 0 Å². The second-order valence-electron chi connectivity index (χ2n) is 5.79. The molecular formula is C18H15Cl2N3O2S. The molecule has 2 aromatic rings. The lowest BCUT2D eigenvalue weighted by Crippen LogP contribution is -2.62. The van der Waals surface area contributed by atoms with Gasteiger partial charge in [0.1, 0.15) is 11.5 Å². The van der Waals surface area contributed by atoms with Gasteiger partial charge in [-0.05, 0) is 35.4 Å². The standard InChI is InChI=1S/C18H15Cl2N3O2S/c19-14-5-1-12(2-6-14)9-17(26)22-11-16(24)21-18(25)23(22)10-13-3-7-15(20)8-4-13/h1-8H,9-11H2,(H,21,24,25). The first-order valence-electron chi connectivity index (χ1n) is 7.83. The molecule has 26 heavy (non-hydrogen) atoms. The van der Waals surface area contributed by atoms with Crippen molar-refractivity contribution in [2.24, 2.45) is 0 Å². The molecule has 1 N–H and O–H groups in total. The van der Waals surface area contributed by atoms with Crippen LogP contribution in [0, 0.1) is 0 Å². The number of imide groups is 1. The van der Waals surface area contributed by atoms with E-state index in [0.717, 1.165) is 11.1 Å². The van der Waals surface area contributed by atoms with Crippen molar-refractivity contribution < 1.29 is 9.59 Å². The summed E-state index contributed by atoms with van der Waals surface area (Å²) in [5.74, 6) is -0.388. The first-order chi connectivity index (χ1) is 12.4. The second-order valence-corrected chi connectivity index (χ2v) is 7.14. The number of nitrogens with one attached hydrogen (secondary N) is 1. The van der Waals surface area contributed by atoms with Gasteiger partial charge in [-0.1, -0.05) is 59.7 Å². The minimum Gasteiger partial charge on any atom is -0.275 e. The lowest BCUT2D eigenvalue weighted by Gasteiger charge is -2.39. The summed E-state index contributed by atoms with van der Waals surface area (Å²) in [7, 11) is 0. The largest absolute Gasteiger partial charge is 0.343 e. The number of thiocarbonyl (C=S) groups is 1. The predicted molar refractivity (Wildman–Crippen MR) is 105 cm³/mol. The van der Waals surface area contributed by atoms with Gasteiger partial charge in [-0.3, -0.25) is 15.1 Å². The van der Waals surface area contributed by atoms with Crippen LogP contribution in [0.4, 0.5) is 4.79 Å². The van der Waals surface area contributed by atoms with E-state index in [4.69, 9.17) is 35.4 Å². The molecule has 0 aliphatic carbocycles. The van der Waals surface area contributed by atoms with E-state index in [9.17, 15) is 9.59 Å². The van der Waals surface area contributed by atoms with Crippen molar-refractivity contribution in [3.8, 4) is 0 Å². The van der Waals surface area contributed by atoms with Crippen molar-refractivity contribution in [2.45, 2.75) is 13.0 Å². The van der Waals surface area contributed by atoms with Gasteiger partial charge < -0.3 is 0 Å². The number of hydrogen-bond donors (Lipinski definition) is 1. The molecule has 3 amide bonds. The fourth-order valence-electron chi connectivity index (χ4n) is 2.57. The Labute approximate surface area is 166 Å². The SMILES string of the molecule is O=C1CN(C(=S)Cc2ccc(Cl)cc2)N(Cc2ccc(Cl)cc2)C(=O)N1. The Hall–Kier alpha value is -2.15. The molecule has 0 saturated carbocycles. The van der Waals surface area contributed by atoms with E-state index < -0.39 is 6.03 Å². The number of halogens is 2. The van der Waals surface area contributed by atoms with Gasteiger partial charge in [-0.2, -0.15) is 0 Å². The molecule has 0 radical (unpaired) electrons. The van der Waals surface area contributed by atoms with Gasteiger partial charge in [0.25, 0.3) is 0 Å². The van der Waals surface area contributed by atoms with Crippen LogP contribution in [0.3, 0.4) is 0 Å². The second kappa shape index (κ2) is 8.03. The average molecular weight is 408 g/mol. The first-order valence-corrected chi connectivity index (χ1v) is 8.99. The molecule has 1 heterocycles. The minimum atomic E-state index is -0.505. The van der Waals surface area contributed by atoms with E-state index in [0.29, 0.717) is 21.5 Å². The highest BCUT2D eigenvalue weighted by Gasteiger charge is 2.32. The monoisotopic (exact) mass is 407 g/mol. The normalized spacial score (nSPS) is 14.4. The molecule has 8 heteroatoms. The Morgan fingerprint density at radius 2 is 1.50 bits per heavy atom. The predicted octanol–water partition coefficient (Wildman–Crippen LogP) is 3.83. The van der Waals surface area contributed by atoms with Gasteiger partial charge in [0.05, 0.1) is 6.54 Å². The lowest BCUT2D eigenvalue weighted by molar-refractivity contribution is -0.125. The van der Waals surface area contributed by atoms with Crippen molar-refractivity contribution in [1.82, 2.24) is 15.3 Å². The highest BCUT2D eigenvalue weighted by molar-refractivity contribution is 7.80. The summed E-state index contributed by atoms with van der Waals surface area (Å²) in [5.41, 5.74) is 1.82. The number of benzene rings is 2. The molecule has 5 nitrogen and oxygen atoms in total. The van der Waals surface area contributed by atoms with Crippen molar-refractivity contribution in [2.75, 3.05) is 6.54 Å². The highest BCUT2D eigenvalue weighted by atomic mass is 35.5. The molecule has 0 bridgehead atoms. The van der Waals surface area contributed by atoms with Gasteiger partial charge in [-0.25, -0.2) is 9.80 Å². The molecule has 1 saturated heterocycles. The maximum Gasteiger partial charge on any atom is 0.343 e. The third kappa shape index (κ3) is 4.52. The van der Waals surface area contributed by atoms with Gasteiger partial charge in [-0.15, -0.1) is 0 Å². The number of carbonyl (C=O) groups excluding carboxylic acids is 2. The zero-order chi connectivity index (χ0) is 18.7. The molecule has 3 rings (SSSR count). The van der Waals surface area contributed by atoms with E-state index in [1.807, 2.05) is 24.3 Å². The Balaban J connectivity index is 1.79. The Bertz CT molecular complexity index is 841. The number of rotatable bonds is 4. The van der Waals surface area contributed by atoms with Crippen LogP contribution in [-0.2, 0) is 17.8 Å². The first kappa shape index (κ1) is 18.6. The van der Waals surface area contributed by atoms with Crippen molar-refractivity contribution in [3.63, 3.8) is 0 Å². The topological polar surface area (TPSA) is 52.7 Å². The van der Waals surface area contributed by atoms with Crippen molar-refractivity contribution >= 4 is 52.3 Å². The summed E-state index contributed by atoms with van der Waals surface area (Å²) in [4.78, 5) is 24.6. The maximum absolute atomic E-state index is 12.3. The molecular weight excluding hydrogens is 393 g/mol. The third-order valence-corrected chi connectivity index (χ3v) is 4.73. The fourth-order valence-corrected chi connectivity index (χ4v) is 3.15. The summed E-state index contributed by atoms with van der Waals surface area (Å²) in [6.07, 6.45) is 0.421. The number of amides is 3. The molecule has 2 aromatic carbocycles. The molecule has 1 aliphatic rings. The molecule has 0 atom stereocenters. The van der Waals surface area contributed by atoms with Gasteiger partial charge >= 0.3 is 6.03 Å². The molecule has 1 aliphatic heterocycles. The minimum absolute atomic E-state index is 0.00818. The van der Waals surface area contributed by atoms with E-state index >= 15 is 0 Å². The highest BCUT2D eigenvalue weighted by Crippen LogP contribution is 2.17. The summed E-state index contributed by atoms with van der Waals surface area (Å²) in [5, 5.41) is 6.54. The molecule has 0 unspecified atom stereocenters. The molecule has 1 fully saturated rings. The fraction of sp³-hybridized carbons (Fsp3) is 0.167. The zero-order valence-electron chi connectivity index (χ0n) is 13.6. The molecule has 0 spiro atoms. The van der Waals surface area contributed by atoms with E-state index in [2.05, 4.69) is 5.32 Å². The van der Waals surface area contributed by atoms with E-state index in [1.165, 1.54) is 5.01 Å². The summed E-state index contributed by atoms with van der Waals surface area (Å²) < 4.78 is 0. The summed E-state index contributed by atoms with van der Waals surface area (Å²) in [6.45, 7) is 0.267. The van der Waals surface area contributed by atoms with Crippen LogP contribution in [0.15, 0.2) is 48.5 Å². The van der Waals surface area contributed by atoms with Crippen LogP contribution in [0.2, 0.25) is 10.0 Å². The van der Waals surface area contributed by atoms with Crippen LogP contribution >= 0.6 is 35.4 Å². The number of nitrogens with zero attached hydrogens (tertiary/aromatic N) is 2. The van der Waals surface area contributed by atoms with Crippen molar-refractivity contribution in [3.05, 3.63) is 69.7 Å². The van der Waals surface area contributed by atoms with Crippen molar-refractivity contribution in [1.29, 1.82) is 0 Å². The van der Waals surface area contributed by atoms with Gasteiger partial charge in [0.2, 0.25) is 5.91 Å². The number of urea groups is 1. The average Bonchev–Trinajstić information content (AvgIpc) is 2.60. The van der Waals surface area contributed by atoms with E-state index in [-0.39, 0.29) is 19.0 Å². The third-order valence-electron chi connectivity index (χ3n) is 3.87. The van der Waals surface area contributed by atoms with Crippen LogP contribution in [0.1, 0.15) is 11.1 Å². The van der Waals surface area contributed by atoms with Crippen LogP contribution in [0.5, 0.6) is 0 Å². The number of carbonyl (C=O) groups is 2.